The fourth-order valence-electron chi connectivity index (χ4n) is 2.51. The molecule has 17 heavy (non-hydrogen) atoms. The first-order chi connectivity index (χ1) is 8.16. The lowest BCUT2D eigenvalue weighted by Gasteiger charge is -2.24. The molecular weight excluding hydrogens is 222 g/mol. The Morgan fingerprint density at radius 3 is 2.53 bits per heavy atom. The Labute approximate surface area is 101 Å². The summed E-state index contributed by atoms with van der Waals surface area (Å²) in [6.45, 7) is 2.47. The van der Waals surface area contributed by atoms with Gasteiger partial charge in [0.2, 0.25) is 5.91 Å². The van der Waals surface area contributed by atoms with Crippen LogP contribution in [0.3, 0.4) is 0 Å². The number of hydrogen-bond donors (Lipinski definition) is 1. The molecule has 1 N–H and O–H groups in total. The van der Waals surface area contributed by atoms with Crippen LogP contribution in [0.2, 0.25) is 0 Å². The van der Waals surface area contributed by atoms with Crippen LogP contribution in [0.1, 0.15) is 25.7 Å². The topological polar surface area (TPSA) is 66.8 Å². The van der Waals surface area contributed by atoms with Crippen LogP contribution in [-0.4, -0.2) is 48.2 Å². The molecule has 0 bridgehead atoms. The third kappa shape index (κ3) is 3.19. The van der Waals surface area contributed by atoms with Gasteiger partial charge < -0.3 is 14.7 Å². The van der Waals surface area contributed by atoms with Gasteiger partial charge in [-0.25, -0.2) is 0 Å². The van der Waals surface area contributed by atoms with E-state index in [1.807, 2.05) is 0 Å². The van der Waals surface area contributed by atoms with Crippen LogP contribution in [0.15, 0.2) is 0 Å². The van der Waals surface area contributed by atoms with E-state index in [0.717, 1.165) is 26.1 Å². The summed E-state index contributed by atoms with van der Waals surface area (Å²) in [6, 6.07) is 0. The van der Waals surface area contributed by atoms with E-state index in [0.29, 0.717) is 31.8 Å². The first-order valence-corrected chi connectivity index (χ1v) is 6.25. The summed E-state index contributed by atoms with van der Waals surface area (Å²) >= 11 is 0. The highest BCUT2D eigenvalue weighted by Gasteiger charge is 2.31. The highest BCUT2D eigenvalue weighted by atomic mass is 16.5. The van der Waals surface area contributed by atoms with Crippen molar-refractivity contribution >= 4 is 11.9 Å². The summed E-state index contributed by atoms with van der Waals surface area (Å²) in [5, 5.41) is 8.88. The van der Waals surface area contributed by atoms with Crippen molar-refractivity contribution in [1.82, 2.24) is 4.90 Å². The number of aliphatic carboxylic acids is 1. The number of likely N-dealkylation sites (tertiary alicyclic amines) is 1. The van der Waals surface area contributed by atoms with Crippen molar-refractivity contribution in [1.29, 1.82) is 0 Å². The fourth-order valence-corrected chi connectivity index (χ4v) is 2.51. The minimum atomic E-state index is -0.786. The van der Waals surface area contributed by atoms with Crippen LogP contribution < -0.4 is 0 Å². The lowest BCUT2D eigenvalue weighted by atomic mass is 9.96. The van der Waals surface area contributed by atoms with Gasteiger partial charge in [0.1, 0.15) is 0 Å². The molecule has 5 heteroatoms. The van der Waals surface area contributed by atoms with E-state index in [1.165, 1.54) is 0 Å². The van der Waals surface area contributed by atoms with E-state index in [-0.39, 0.29) is 11.8 Å². The van der Waals surface area contributed by atoms with Crippen LogP contribution >= 0.6 is 0 Å². The summed E-state index contributed by atoms with van der Waals surface area (Å²) in [4.78, 5) is 24.5. The predicted molar refractivity (Wildman–Crippen MR) is 60.5 cm³/mol. The maximum absolute atomic E-state index is 12.0. The van der Waals surface area contributed by atoms with E-state index in [1.54, 1.807) is 4.90 Å². The van der Waals surface area contributed by atoms with Crippen molar-refractivity contribution in [2.75, 3.05) is 26.3 Å². The second-order valence-electron chi connectivity index (χ2n) is 4.92. The van der Waals surface area contributed by atoms with Crippen LogP contribution in [0.5, 0.6) is 0 Å². The van der Waals surface area contributed by atoms with Gasteiger partial charge in [-0.3, -0.25) is 9.59 Å². The number of carboxylic acid groups (broad SMARTS) is 1. The number of hydrogen-bond acceptors (Lipinski definition) is 3. The highest BCUT2D eigenvalue weighted by Crippen LogP contribution is 2.22. The quantitative estimate of drug-likeness (QED) is 0.791. The Morgan fingerprint density at radius 2 is 1.94 bits per heavy atom. The summed E-state index contributed by atoms with van der Waals surface area (Å²) < 4.78 is 5.25. The second-order valence-corrected chi connectivity index (χ2v) is 4.92. The van der Waals surface area contributed by atoms with Crippen LogP contribution in [-0.2, 0) is 14.3 Å². The molecule has 0 aromatic carbocycles. The number of rotatable bonds is 3. The summed E-state index contributed by atoms with van der Waals surface area (Å²) in [7, 11) is 0. The summed E-state index contributed by atoms with van der Waals surface area (Å²) in [5.74, 6) is -0.624. The van der Waals surface area contributed by atoms with Gasteiger partial charge >= 0.3 is 5.97 Å². The number of carbonyl (C=O) groups excluding carboxylic acids is 1. The normalized spacial score (nSPS) is 26.1. The first-order valence-electron chi connectivity index (χ1n) is 6.25. The maximum atomic E-state index is 12.0. The zero-order valence-corrected chi connectivity index (χ0v) is 9.93. The molecule has 0 saturated carbocycles. The van der Waals surface area contributed by atoms with Gasteiger partial charge in [-0.05, 0) is 25.2 Å². The SMILES string of the molecule is O=C(O)C1CCN(C(=O)CC2CCOCC2)C1. The van der Waals surface area contributed by atoms with Crippen molar-refractivity contribution in [2.24, 2.45) is 11.8 Å². The molecule has 96 valence electrons. The zero-order chi connectivity index (χ0) is 12.3. The van der Waals surface area contributed by atoms with E-state index in [2.05, 4.69) is 0 Å². The van der Waals surface area contributed by atoms with Crippen LogP contribution in [0.4, 0.5) is 0 Å². The smallest absolute Gasteiger partial charge is 0.308 e. The zero-order valence-electron chi connectivity index (χ0n) is 9.93. The number of amides is 1. The predicted octanol–water partition coefficient (Wildman–Crippen LogP) is 0.736. The molecule has 5 nitrogen and oxygen atoms in total. The Bertz CT molecular complexity index is 299. The lowest BCUT2D eigenvalue weighted by molar-refractivity contribution is -0.141. The van der Waals surface area contributed by atoms with Crippen molar-refractivity contribution in [3.8, 4) is 0 Å². The molecule has 2 fully saturated rings. The molecule has 2 rings (SSSR count). The molecule has 1 unspecified atom stereocenters. The summed E-state index contributed by atoms with van der Waals surface area (Å²) in [6.07, 6.45) is 3.04. The summed E-state index contributed by atoms with van der Waals surface area (Å²) in [5.41, 5.74) is 0. The highest BCUT2D eigenvalue weighted by molar-refractivity contribution is 5.78. The second kappa shape index (κ2) is 5.49. The molecule has 0 aromatic heterocycles. The van der Waals surface area contributed by atoms with Gasteiger partial charge in [0.15, 0.2) is 0 Å². The van der Waals surface area contributed by atoms with Crippen molar-refractivity contribution in [3.05, 3.63) is 0 Å². The van der Waals surface area contributed by atoms with E-state index in [4.69, 9.17) is 9.84 Å². The first kappa shape index (κ1) is 12.4. The molecule has 0 spiro atoms. The molecule has 2 aliphatic rings. The molecule has 1 atom stereocenters. The van der Waals surface area contributed by atoms with Gasteiger partial charge in [0.25, 0.3) is 0 Å². The number of carboxylic acids is 1. The lowest BCUT2D eigenvalue weighted by Crippen LogP contribution is -2.32. The minimum Gasteiger partial charge on any atom is -0.481 e. The molecule has 2 heterocycles. The molecule has 2 saturated heterocycles. The number of carbonyl (C=O) groups is 2. The van der Waals surface area contributed by atoms with Gasteiger partial charge in [0.05, 0.1) is 5.92 Å². The molecule has 0 radical (unpaired) electrons. The Morgan fingerprint density at radius 1 is 1.24 bits per heavy atom. The molecule has 0 aromatic rings. The van der Waals surface area contributed by atoms with Crippen molar-refractivity contribution in [2.45, 2.75) is 25.7 Å². The average molecular weight is 241 g/mol. The van der Waals surface area contributed by atoms with Gasteiger partial charge in [-0.15, -0.1) is 0 Å². The Balaban J connectivity index is 1.78. The molecule has 0 aliphatic carbocycles. The van der Waals surface area contributed by atoms with Gasteiger partial charge in [-0.1, -0.05) is 0 Å². The van der Waals surface area contributed by atoms with Crippen molar-refractivity contribution < 1.29 is 19.4 Å². The van der Waals surface area contributed by atoms with Gasteiger partial charge in [0, 0.05) is 32.7 Å². The average Bonchev–Trinajstić information content (AvgIpc) is 2.79. The molecule has 2 aliphatic heterocycles. The minimum absolute atomic E-state index is 0.112. The van der Waals surface area contributed by atoms with E-state index < -0.39 is 5.97 Å². The monoisotopic (exact) mass is 241 g/mol. The van der Waals surface area contributed by atoms with E-state index in [9.17, 15) is 9.59 Å². The van der Waals surface area contributed by atoms with Gasteiger partial charge in [-0.2, -0.15) is 0 Å². The third-order valence-corrected chi connectivity index (χ3v) is 3.69. The Kier molecular flexibility index (Phi) is 3.99. The fraction of sp³-hybridized carbons (Fsp3) is 0.833. The number of ether oxygens (including phenoxy) is 1. The molecule has 1 amide bonds. The van der Waals surface area contributed by atoms with E-state index >= 15 is 0 Å². The Hall–Kier alpha value is -1.10. The molecular formula is C12H19NO4. The van der Waals surface area contributed by atoms with Crippen LogP contribution in [0.25, 0.3) is 0 Å². The van der Waals surface area contributed by atoms with Crippen LogP contribution in [0, 0.1) is 11.8 Å². The van der Waals surface area contributed by atoms with Crippen molar-refractivity contribution in [3.63, 3.8) is 0 Å². The third-order valence-electron chi connectivity index (χ3n) is 3.69. The standard InChI is InChI=1S/C12H19NO4/c14-11(7-9-2-5-17-6-3-9)13-4-1-10(8-13)12(15)16/h9-10H,1-8H2,(H,15,16). The maximum Gasteiger partial charge on any atom is 0.308 e. The number of nitrogens with zero attached hydrogens (tertiary/aromatic N) is 1. The largest absolute Gasteiger partial charge is 0.481 e.